The number of nitrogen functional groups attached to an aromatic ring is 1. The van der Waals surface area contributed by atoms with Gasteiger partial charge in [0.1, 0.15) is 0 Å². The lowest BCUT2D eigenvalue weighted by molar-refractivity contribution is 0.0913. The molecule has 88 valence electrons. The second kappa shape index (κ2) is 4.99. The van der Waals surface area contributed by atoms with E-state index in [0.29, 0.717) is 17.8 Å². The van der Waals surface area contributed by atoms with Crippen LogP contribution in [0.15, 0.2) is 24.3 Å². The van der Waals surface area contributed by atoms with Crippen molar-refractivity contribution in [1.29, 1.82) is 0 Å². The molecule has 0 saturated carbocycles. The van der Waals surface area contributed by atoms with Gasteiger partial charge in [-0.1, -0.05) is 0 Å². The number of likely N-dealkylation sites (N-methyl/N-ethyl adjacent to an activating group) is 1. The Kier molecular flexibility index (Phi) is 3.90. The highest BCUT2D eigenvalue weighted by Crippen LogP contribution is 2.07. The average Bonchev–Trinajstić information content (AvgIpc) is 2.17. The number of hydrogen-bond acceptors (Lipinski definition) is 3. The number of amides is 1. The Hall–Kier alpha value is -1.55. The van der Waals surface area contributed by atoms with Crippen LogP contribution in [0.4, 0.5) is 5.69 Å². The third-order valence-electron chi connectivity index (χ3n) is 2.24. The summed E-state index contributed by atoms with van der Waals surface area (Å²) in [7, 11) is 1.86. The summed E-state index contributed by atoms with van der Waals surface area (Å²) in [5.74, 6) is -0.0831. The van der Waals surface area contributed by atoms with E-state index in [1.54, 1.807) is 24.3 Å². The molecule has 0 heterocycles. The Labute approximate surface area is 96.2 Å². The Morgan fingerprint density at radius 1 is 1.31 bits per heavy atom. The highest BCUT2D eigenvalue weighted by molar-refractivity contribution is 5.94. The molecule has 0 atom stereocenters. The summed E-state index contributed by atoms with van der Waals surface area (Å²) in [6.07, 6.45) is 0. The summed E-state index contributed by atoms with van der Waals surface area (Å²) in [5.41, 5.74) is 6.57. The van der Waals surface area contributed by atoms with E-state index < -0.39 is 0 Å². The molecule has 1 aromatic carbocycles. The number of nitrogens with one attached hydrogen (secondary N) is 2. The average molecular weight is 221 g/mol. The first kappa shape index (κ1) is 12.5. The number of carbonyl (C=O) groups excluding carboxylic acids is 1. The fourth-order valence-electron chi connectivity index (χ4n) is 1.50. The molecule has 16 heavy (non-hydrogen) atoms. The van der Waals surface area contributed by atoms with Gasteiger partial charge in [-0.3, -0.25) is 4.79 Å². The Balaban J connectivity index is 2.69. The van der Waals surface area contributed by atoms with Crippen molar-refractivity contribution < 1.29 is 4.79 Å². The van der Waals surface area contributed by atoms with Gasteiger partial charge in [-0.25, -0.2) is 0 Å². The van der Waals surface area contributed by atoms with E-state index in [-0.39, 0.29) is 11.4 Å². The van der Waals surface area contributed by atoms with E-state index in [1.165, 1.54) is 0 Å². The zero-order valence-corrected chi connectivity index (χ0v) is 10.0. The van der Waals surface area contributed by atoms with Crippen LogP contribution in [0.1, 0.15) is 24.2 Å². The summed E-state index contributed by atoms with van der Waals surface area (Å²) in [5, 5.41) is 5.99. The fraction of sp³-hybridized carbons (Fsp3) is 0.417. The van der Waals surface area contributed by atoms with E-state index in [4.69, 9.17) is 5.73 Å². The van der Waals surface area contributed by atoms with Crippen LogP contribution in [-0.2, 0) is 0 Å². The molecular weight excluding hydrogens is 202 g/mol. The van der Waals surface area contributed by atoms with Gasteiger partial charge < -0.3 is 16.4 Å². The molecule has 4 heteroatoms. The second-order valence-electron chi connectivity index (χ2n) is 4.49. The van der Waals surface area contributed by atoms with Crippen LogP contribution in [0.2, 0.25) is 0 Å². The van der Waals surface area contributed by atoms with Crippen LogP contribution in [0, 0.1) is 0 Å². The maximum Gasteiger partial charge on any atom is 0.251 e. The Bertz CT molecular complexity index is 357. The molecule has 0 aliphatic carbocycles. The van der Waals surface area contributed by atoms with Gasteiger partial charge in [0.2, 0.25) is 0 Å². The maximum atomic E-state index is 11.9. The number of anilines is 1. The van der Waals surface area contributed by atoms with Crippen molar-refractivity contribution in [3.05, 3.63) is 29.8 Å². The molecule has 0 unspecified atom stereocenters. The van der Waals surface area contributed by atoms with Gasteiger partial charge in [-0.05, 0) is 45.2 Å². The standard InChI is InChI=1S/C12H19N3O/c1-12(2,8-14-3)15-11(16)9-4-6-10(13)7-5-9/h4-7,14H,8,13H2,1-3H3,(H,15,16). The zero-order chi connectivity index (χ0) is 12.2. The molecular formula is C12H19N3O. The van der Waals surface area contributed by atoms with Crippen molar-refractivity contribution in [2.24, 2.45) is 0 Å². The normalized spacial score (nSPS) is 11.2. The lowest BCUT2D eigenvalue weighted by Crippen LogP contribution is -2.49. The largest absolute Gasteiger partial charge is 0.399 e. The highest BCUT2D eigenvalue weighted by atomic mass is 16.1. The summed E-state index contributed by atoms with van der Waals surface area (Å²) in [6.45, 7) is 4.66. The van der Waals surface area contributed by atoms with E-state index >= 15 is 0 Å². The molecule has 0 bridgehead atoms. The van der Waals surface area contributed by atoms with E-state index in [1.807, 2.05) is 20.9 Å². The summed E-state index contributed by atoms with van der Waals surface area (Å²) >= 11 is 0. The van der Waals surface area contributed by atoms with Crippen molar-refractivity contribution in [3.8, 4) is 0 Å². The third-order valence-corrected chi connectivity index (χ3v) is 2.24. The molecule has 4 N–H and O–H groups in total. The minimum atomic E-state index is -0.271. The van der Waals surface area contributed by atoms with Crippen molar-refractivity contribution in [1.82, 2.24) is 10.6 Å². The SMILES string of the molecule is CNCC(C)(C)NC(=O)c1ccc(N)cc1. The first-order valence-corrected chi connectivity index (χ1v) is 5.27. The fourth-order valence-corrected chi connectivity index (χ4v) is 1.50. The summed E-state index contributed by atoms with van der Waals surface area (Å²) in [4.78, 5) is 11.9. The van der Waals surface area contributed by atoms with Crippen molar-refractivity contribution in [2.75, 3.05) is 19.3 Å². The lowest BCUT2D eigenvalue weighted by atomic mass is 10.0. The van der Waals surface area contributed by atoms with Crippen LogP contribution >= 0.6 is 0 Å². The third kappa shape index (κ3) is 3.55. The van der Waals surface area contributed by atoms with Crippen molar-refractivity contribution >= 4 is 11.6 Å². The lowest BCUT2D eigenvalue weighted by Gasteiger charge is -2.25. The highest BCUT2D eigenvalue weighted by Gasteiger charge is 2.19. The molecule has 0 aliphatic rings. The van der Waals surface area contributed by atoms with E-state index in [0.717, 1.165) is 0 Å². The summed E-state index contributed by atoms with van der Waals surface area (Å²) < 4.78 is 0. The van der Waals surface area contributed by atoms with Gasteiger partial charge in [0.15, 0.2) is 0 Å². The van der Waals surface area contributed by atoms with Gasteiger partial charge in [0, 0.05) is 23.3 Å². The molecule has 1 rings (SSSR count). The predicted molar refractivity (Wildman–Crippen MR) is 66.3 cm³/mol. The predicted octanol–water partition coefficient (Wildman–Crippen LogP) is 0.997. The van der Waals surface area contributed by atoms with Gasteiger partial charge >= 0.3 is 0 Å². The maximum absolute atomic E-state index is 11.9. The van der Waals surface area contributed by atoms with Gasteiger partial charge in [-0.15, -0.1) is 0 Å². The van der Waals surface area contributed by atoms with E-state index in [2.05, 4.69) is 10.6 Å². The molecule has 0 spiro atoms. The number of benzene rings is 1. The first-order chi connectivity index (χ1) is 7.44. The molecule has 0 saturated heterocycles. The molecule has 0 radical (unpaired) electrons. The van der Waals surface area contributed by atoms with Crippen LogP contribution in [0.25, 0.3) is 0 Å². The van der Waals surface area contributed by atoms with Gasteiger partial charge in [0.25, 0.3) is 5.91 Å². The van der Waals surface area contributed by atoms with Gasteiger partial charge in [0.05, 0.1) is 0 Å². The van der Waals surface area contributed by atoms with Crippen LogP contribution in [-0.4, -0.2) is 25.0 Å². The molecule has 1 amide bonds. The molecule has 0 aliphatic heterocycles. The number of carbonyl (C=O) groups is 1. The Morgan fingerprint density at radius 2 is 1.88 bits per heavy atom. The van der Waals surface area contributed by atoms with Crippen LogP contribution in [0.5, 0.6) is 0 Å². The number of nitrogens with two attached hydrogens (primary N) is 1. The van der Waals surface area contributed by atoms with Crippen LogP contribution in [0.3, 0.4) is 0 Å². The molecule has 0 aromatic heterocycles. The quantitative estimate of drug-likeness (QED) is 0.664. The second-order valence-corrected chi connectivity index (χ2v) is 4.49. The molecule has 1 aromatic rings. The molecule has 4 nitrogen and oxygen atoms in total. The molecule has 0 fully saturated rings. The number of hydrogen-bond donors (Lipinski definition) is 3. The van der Waals surface area contributed by atoms with Crippen LogP contribution < -0.4 is 16.4 Å². The van der Waals surface area contributed by atoms with Crippen molar-refractivity contribution in [3.63, 3.8) is 0 Å². The minimum absolute atomic E-state index is 0.0831. The van der Waals surface area contributed by atoms with E-state index in [9.17, 15) is 4.79 Å². The Morgan fingerprint density at radius 3 is 2.38 bits per heavy atom. The number of rotatable bonds is 4. The topological polar surface area (TPSA) is 67.1 Å². The first-order valence-electron chi connectivity index (χ1n) is 5.27. The van der Waals surface area contributed by atoms with Gasteiger partial charge in [-0.2, -0.15) is 0 Å². The minimum Gasteiger partial charge on any atom is -0.399 e. The zero-order valence-electron chi connectivity index (χ0n) is 10.0. The van der Waals surface area contributed by atoms with Crippen molar-refractivity contribution in [2.45, 2.75) is 19.4 Å². The smallest absolute Gasteiger partial charge is 0.251 e. The summed E-state index contributed by atoms with van der Waals surface area (Å²) in [6, 6.07) is 6.89. The monoisotopic (exact) mass is 221 g/mol.